The van der Waals surface area contributed by atoms with E-state index in [2.05, 4.69) is 60.9 Å². The largest absolute Gasteiger partial charge is 0.369 e. The van der Waals surface area contributed by atoms with Crippen LogP contribution in [0, 0.1) is 22.7 Å². The van der Waals surface area contributed by atoms with Crippen molar-refractivity contribution in [3.63, 3.8) is 0 Å². The summed E-state index contributed by atoms with van der Waals surface area (Å²) >= 11 is 0. The zero-order valence-corrected chi connectivity index (χ0v) is 27.1. The van der Waals surface area contributed by atoms with Gasteiger partial charge in [-0.2, -0.15) is 10.5 Å². The van der Waals surface area contributed by atoms with E-state index in [1.807, 2.05) is 42.5 Å². The average molecular weight is 638 g/mol. The number of rotatable bonds is 8. The quantitative estimate of drug-likeness (QED) is 0.244. The highest BCUT2D eigenvalue weighted by Crippen LogP contribution is 2.22. The van der Waals surface area contributed by atoms with E-state index >= 15 is 0 Å². The Hall–Kier alpha value is -6.12. The molecular formula is C38H26B4N8. The molecular weight excluding hydrogens is 612 g/mol. The van der Waals surface area contributed by atoms with Gasteiger partial charge in [0, 0.05) is 23.9 Å². The first-order valence-electron chi connectivity index (χ1n) is 15.8. The molecule has 230 valence electrons. The summed E-state index contributed by atoms with van der Waals surface area (Å²) in [6, 6.07) is 30.7. The maximum Gasteiger partial charge on any atom is 0.137 e. The van der Waals surface area contributed by atoms with Gasteiger partial charge in [-0.05, 0) is 71.1 Å². The summed E-state index contributed by atoms with van der Waals surface area (Å²) in [6.45, 7) is 1.39. The van der Waals surface area contributed by atoms with Gasteiger partial charge in [-0.3, -0.25) is 0 Å². The van der Waals surface area contributed by atoms with Crippen LogP contribution in [0.15, 0.2) is 97.6 Å². The Balaban J connectivity index is 0.000000175. The Labute approximate surface area is 295 Å². The van der Waals surface area contributed by atoms with Crippen molar-refractivity contribution in [3.8, 4) is 12.1 Å². The molecule has 0 fully saturated rings. The van der Waals surface area contributed by atoms with Gasteiger partial charge in [-0.1, -0.05) is 48.5 Å². The van der Waals surface area contributed by atoms with Gasteiger partial charge in [0.25, 0.3) is 0 Å². The minimum Gasteiger partial charge on any atom is -0.369 e. The lowest BCUT2D eigenvalue weighted by molar-refractivity contribution is 1.01. The molecule has 7 aromatic rings. The van der Waals surface area contributed by atoms with Crippen molar-refractivity contribution in [2.24, 2.45) is 0 Å². The summed E-state index contributed by atoms with van der Waals surface area (Å²) in [5.74, 6) is 1.45. The molecule has 0 aliphatic rings. The van der Waals surface area contributed by atoms with Crippen LogP contribution in [0.1, 0.15) is 22.3 Å². The normalized spacial score (nSPS) is 10.6. The fraction of sp³-hybridized carbons (Fsp3) is 0.105. The maximum absolute atomic E-state index is 9.11. The number of nitrogens with zero attached hydrogens (tertiary/aromatic N) is 6. The molecule has 5 aromatic carbocycles. The molecule has 0 amide bonds. The number of benzene rings is 5. The summed E-state index contributed by atoms with van der Waals surface area (Å²) in [6.07, 6.45) is 4.65. The molecule has 0 saturated carbocycles. The second-order valence-corrected chi connectivity index (χ2v) is 11.6. The van der Waals surface area contributed by atoms with E-state index in [9.17, 15) is 0 Å². The summed E-state index contributed by atoms with van der Waals surface area (Å²) in [5, 5.41) is 28.6. The molecule has 0 spiro atoms. The topological polar surface area (TPSA) is 123 Å². The highest BCUT2D eigenvalue weighted by Gasteiger charge is 2.07. The van der Waals surface area contributed by atoms with Crippen molar-refractivity contribution in [2.45, 2.75) is 12.8 Å². The smallest absolute Gasteiger partial charge is 0.137 e. The fourth-order valence-electron chi connectivity index (χ4n) is 5.50. The van der Waals surface area contributed by atoms with E-state index in [-0.39, 0.29) is 0 Å². The van der Waals surface area contributed by atoms with E-state index in [0.717, 1.165) is 62.6 Å². The molecule has 8 nitrogen and oxygen atoms in total. The van der Waals surface area contributed by atoms with Crippen LogP contribution in [0.5, 0.6) is 0 Å². The molecule has 0 aliphatic carbocycles. The number of nitrogens with one attached hydrogen (secondary N) is 2. The van der Waals surface area contributed by atoms with Crippen LogP contribution in [0.25, 0.3) is 32.6 Å². The van der Waals surface area contributed by atoms with Gasteiger partial charge < -0.3 is 10.6 Å². The molecule has 0 aliphatic heterocycles. The standard InChI is InChI=1S/C21H14B2N4.C17H12B2N4/c22-18-9-15-3-1-13(7-16(15)10-19(18)23)5-6-25-21-17-8-14(11-24)2-4-20(17)26-12-27-21;18-14-3-1-11(8-15(14)19)5-6-21-17-13-7-12(9-20)2-4-16(13)22-10-23-17/h1-4,7-10,12H,5-6H2,(H,25,26,27);1-4,7-8,10H,5-6H2,(H,21,22,23). The number of fused-ring (bicyclic) bond motifs is 3. The number of hydrogen-bond donors (Lipinski definition) is 2. The van der Waals surface area contributed by atoms with Crippen molar-refractivity contribution in [3.05, 3.63) is 120 Å². The highest BCUT2D eigenvalue weighted by atomic mass is 15.0. The third-order valence-electron chi connectivity index (χ3n) is 8.20. The molecule has 7 rings (SSSR count). The first-order chi connectivity index (χ1) is 24.3. The molecule has 50 heavy (non-hydrogen) atoms. The van der Waals surface area contributed by atoms with Crippen molar-refractivity contribution >= 4 is 97.5 Å². The molecule has 2 aromatic heterocycles. The molecule has 0 atom stereocenters. The van der Waals surface area contributed by atoms with Gasteiger partial charge >= 0.3 is 0 Å². The third-order valence-corrected chi connectivity index (χ3v) is 8.20. The van der Waals surface area contributed by atoms with E-state index < -0.39 is 0 Å². The summed E-state index contributed by atoms with van der Waals surface area (Å²) in [4.78, 5) is 17.1. The predicted octanol–water partition coefficient (Wildman–Crippen LogP) is 2.64. The van der Waals surface area contributed by atoms with Crippen LogP contribution >= 0.6 is 0 Å². The number of anilines is 2. The van der Waals surface area contributed by atoms with Crippen molar-refractivity contribution in [2.75, 3.05) is 23.7 Å². The molecule has 2 N–H and O–H groups in total. The Morgan fingerprint density at radius 3 is 1.54 bits per heavy atom. The van der Waals surface area contributed by atoms with Gasteiger partial charge in [-0.15, -0.1) is 21.9 Å². The van der Waals surface area contributed by atoms with Crippen molar-refractivity contribution in [1.29, 1.82) is 10.5 Å². The summed E-state index contributed by atoms with van der Waals surface area (Å²) in [7, 11) is 23.3. The van der Waals surface area contributed by atoms with Crippen molar-refractivity contribution in [1.82, 2.24) is 19.9 Å². The first kappa shape index (κ1) is 33.8. The van der Waals surface area contributed by atoms with Gasteiger partial charge in [-0.25, -0.2) is 19.9 Å². The molecule has 12 heteroatoms. The zero-order chi connectivity index (χ0) is 35.0. The van der Waals surface area contributed by atoms with Crippen LogP contribution < -0.4 is 32.5 Å². The van der Waals surface area contributed by atoms with Gasteiger partial charge in [0.2, 0.25) is 0 Å². The Morgan fingerprint density at radius 2 is 1.00 bits per heavy atom. The molecule has 0 saturated heterocycles. The van der Waals surface area contributed by atoms with Crippen LogP contribution in [-0.4, -0.2) is 64.4 Å². The van der Waals surface area contributed by atoms with E-state index in [1.165, 1.54) is 18.2 Å². The van der Waals surface area contributed by atoms with Gasteiger partial charge in [0.1, 0.15) is 55.7 Å². The Kier molecular flexibility index (Phi) is 10.4. The SMILES string of the molecule is [B]c1cc2ccc(CCNc3ncnc4ccc(C#N)cc34)cc2cc1[B].[B]c1ccc(CCNc2ncnc3ccc(C#N)cc23)cc1[B]. The van der Waals surface area contributed by atoms with Gasteiger partial charge in [0.15, 0.2) is 0 Å². The highest BCUT2D eigenvalue weighted by molar-refractivity contribution is 6.49. The molecule has 8 radical (unpaired) electrons. The molecule has 0 bridgehead atoms. The summed E-state index contributed by atoms with van der Waals surface area (Å²) < 4.78 is 0. The number of aromatic nitrogens is 4. The lowest BCUT2D eigenvalue weighted by Crippen LogP contribution is -2.25. The maximum atomic E-state index is 9.11. The Morgan fingerprint density at radius 1 is 0.500 bits per heavy atom. The predicted molar refractivity (Wildman–Crippen MR) is 205 cm³/mol. The second-order valence-electron chi connectivity index (χ2n) is 11.6. The van der Waals surface area contributed by atoms with E-state index in [4.69, 9.17) is 41.9 Å². The lowest BCUT2D eigenvalue weighted by Gasteiger charge is -2.10. The Bertz CT molecular complexity index is 2440. The monoisotopic (exact) mass is 638 g/mol. The first-order valence-corrected chi connectivity index (χ1v) is 15.8. The lowest BCUT2D eigenvalue weighted by atomic mass is 9.79. The zero-order valence-electron chi connectivity index (χ0n) is 27.1. The van der Waals surface area contributed by atoms with Crippen molar-refractivity contribution < 1.29 is 0 Å². The number of hydrogen-bond acceptors (Lipinski definition) is 8. The number of nitriles is 2. The van der Waals surface area contributed by atoms with Gasteiger partial charge in [0.05, 0.1) is 34.3 Å². The second kappa shape index (κ2) is 15.4. The fourth-order valence-corrected chi connectivity index (χ4v) is 5.50. The van der Waals surface area contributed by atoms with Crippen LogP contribution in [0.4, 0.5) is 11.6 Å². The van der Waals surface area contributed by atoms with Crippen LogP contribution in [-0.2, 0) is 12.8 Å². The summed E-state index contributed by atoms with van der Waals surface area (Å²) in [5.41, 5.74) is 7.46. The molecule has 0 unspecified atom stereocenters. The minimum atomic E-state index is 0.585. The van der Waals surface area contributed by atoms with Crippen LogP contribution in [0.2, 0.25) is 0 Å². The average Bonchev–Trinajstić information content (AvgIpc) is 3.13. The van der Waals surface area contributed by atoms with E-state index in [1.54, 1.807) is 24.3 Å². The minimum absolute atomic E-state index is 0.585. The molecule has 2 heterocycles. The third kappa shape index (κ3) is 7.94. The van der Waals surface area contributed by atoms with E-state index in [0.29, 0.717) is 46.1 Å². The van der Waals surface area contributed by atoms with Crippen LogP contribution in [0.3, 0.4) is 0 Å².